The Morgan fingerprint density at radius 3 is 2.67 bits per heavy atom. The summed E-state index contributed by atoms with van der Waals surface area (Å²) in [5, 5.41) is 0.970. The quantitative estimate of drug-likeness (QED) is 0.840. The smallest absolute Gasteiger partial charge is 0.197 e. The molecule has 0 amide bonds. The Balaban J connectivity index is 0.00000112. The highest BCUT2D eigenvalue weighted by atomic mass is 35.5. The zero-order valence-corrected chi connectivity index (χ0v) is 9.35. The van der Waals surface area contributed by atoms with Gasteiger partial charge in [-0.05, 0) is 19.0 Å². The van der Waals surface area contributed by atoms with Gasteiger partial charge in [-0.3, -0.25) is 0 Å². The first kappa shape index (κ1) is 12.0. The lowest BCUT2D eigenvalue weighted by Gasteiger charge is -1.95. The van der Waals surface area contributed by atoms with Crippen LogP contribution >= 0.6 is 12.4 Å². The Bertz CT molecular complexity index is 465. The first-order chi connectivity index (χ1) is 6.75. The topological polar surface area (TPSA) is 30.9 Å². The Hall–Kier alpha value is -1.06. The molecule has 0 fully saturated rings. The van der Waals surface area contributed by atoms with E-state index in [1.807, 2.05) is 24.3 Å². The minimum atomic E-state index is -0.170. The molecule has 2 nitrogen and oxygen atoms in total. The minimum absolute atomic E-state index is 0. The molecule has 0 saturated heterocycles. The van der Waals surface area contributed by atoms with Gasteiger partial charge < -0.3 is 10.3 Å². The number of rotatable bonds is 2. The van der Waals surface area contributed by atoms with Crippen molar-refractivity contribution < 1.29 is 4.39 Å². The molecular weight excluding hydrogens is 215 g/mol. The molecule has 0 aliphatic heterocycles. The van der Waals surface area contributed by atoms with Crippen LogP contribution in [-0.2, 0) is 13.5 Å². The lowest BCUT2D eigenvalue weighted by atomic mass is 10.1. The standard InChI is InChI=1S/C11H13FN2.ClH/c1-14-10-5-3-2-4-8(10)9(6-7-13)11(14)12;/h2-5H,6-7,13H2,1H3;1H. The molecule has 0 saturated carbocycles. The van der Waals surface area contributed by atoms with Crippen molar-refractivity contribution in [1.29, 1.82) is 0 Å². The second kappa shape index (κ2) is 4.64. The number of aryl methyl sites for hydroxylation is 1. The summed E-state index contributed by atoms with van der Waals surface area (Å²) in [7, 11) is 1.73. The molecule has 2 aromatic rings. The number of hydrogen-bond donors (Lipinski definition) is 1. The van der Waals surface area contributed by atoms with Gasteiger partial charge in [-0.25, -0.2) is 0 Å². The van der Waals surface area contributed by atoms with E-state index in [9.17, 15) is 4.39 Å². The summed E-state index contributed by atoms with van der Waals surface area (Å²) >= 11 is 0. The van der Waals surface area contributed by atoms with E-state index in [1.165, 1.54) is 0 Å². The Morgan fingerprint density at radius 1 is 1.33 bits per heavy atom. The van der Waals surface area contributed by atoms with Crippen LogP contribution < -0.4 is 5.73 Å². The number of aromatic nitrogens is 1. The second-order valence-electron chi connectivity index (χ2n) is 3.38. The van der Waals surface area contributed by atoms with Crippen LogP contribution in [-0.4, -0.2) is 11.1 Å². The van der Waals surface area contributed by atoms with Crippen LogP contribution in [0.4, 0.5) is 4.39 Å². The molecule has 82 valence electrons. The van der Waals surface area contributed by atoms with Gasteiger partial charge in [0.05, 0.1) is 5.52 Å². The third-order valence-corrected chi connectivity index (χ3v) is 2.53. The fourth-order valence-corrected chi connectivity index (χ4v) is 1.82. The zero-order chi connectivity index (χ0) is 10.1. The van der Waals surface area contributed by atoms with Crippen molar-refractivity contribution in [3.63, 3.8) is 0 Å². The highest BCUT2D eigenvalue weighted by Crippen LogP contribution is 2.23. The lowest BCUT2D eigenvalue weighted by molar-refractivity contribution is 0.529. The number of fused-ring (bicyclic) bond motifs is 1. The molecule has 0 aliphatic carbocycles. The predicted molar refractivity (Wildman–Crippen MR) is 62.9 cm³/mol. The van der Waals surface area contributed by atoms with Crippen molar-refractivity contribution in [1.82, 2.24) is 4.57 Å². The molecule has 0 spiro atoms. The van der Waals surface area contributed by atoms with Crippen LogP contribution in [0.15, 0.2) is 24.3 Å². The molecular formula is C11H14ClFN2. The maximum atomic E-state index is 13.7. The average Bonchev–Trinajstić information content (AvgIpc) is 2.45. The molecule has 0 radical (unpaired) electrons. The predicted octanol–water partition coefficient (Wildman–Crippen LogP) is 2.24. The fourth-order valence-electron chi connectivity index (χ4n) is 1.82. The third kappa shape index (κ3) is 1.85. The van der Waals surface area contributed by atoms with Gasteiger partial charge in [-0.2, -0.15) is 4.39 Å². The van der Waals surface area contributed by atoms with Crippen molar-refractivity contribution in [3.05, 3.63) is 35.8 Å². The SMILES string of the molecule is Cl.Cn1c(F)c(CCN)c2ccccc21. The first-order valence-electron chi connectivity index (χ1n) is 4.67. The van der Waals surface area contributed by atoms with Gasteiger partial charge in [0.2, 0.25) is 0 Å². The molecule has 0 unspecified atom stereocenters. The van der Waals surface area contributed by atoms with E-state index >= 15 is 0 Å². The highest BCUT2D eigenvalue weighted by molar-refractivity contribution is 5.85. The van der Waals surface area contributed by atoms with Crippen molar-refractivity contribution in [3.8, 4) is 0 Å². The summed E-state index contributed by atoms with van der Waals surface area (Å²) in [5.41, 5.74) is 7.11. The first-order valence-corrected chi connectivity index (χ1v) is 4.67. The van der Waals surface area contributed by atoms with E-state index in [-0.39, 0.29) is 18.4 Å². The van der Waals surface area contributed by atoms with Gasteiger partial charge in [0.1, 0.15) is 0 Å². The van der Waals surface area contributed by atoms with Crippen molar-refractivity contribution in [2.45, 2.75) is 6.42 Å². The number of hydrogen-bond acceptors (Lipinski definition) is 1. The minimum Gasteiger partial charge on any atom is -0.330 e. The highest BCUT2D eigenvalue weighted by Gasteiger charge is 2.12. The van der Waals surface area contributed by atoms with Crippen molar-refractivity contribution in [2.24, 2.45) is 12.8 Å². The van der Waals surface area contributed by atoms with Gasteiger partial charge in [0.25, 0.3) is 0 Å². The van der Waals surface area contributed by atoms with Crippen LogP contribution in [0, 0.1) is 5.95 Å². The van der Waals surface area contributed by atoms with E-state index in [2.05, 4.69) is 0 Å². The van der Waals surface area contributed by atoms with Gasteiger partial charge in [-0.1, -0.05) is 18.2 Å². The van der Waals surface area contributed by atoms with Crippen LogP contribution in [0.2, 0.25) is 0 Å². The second-order valence-corrected chi connectivity index (χ2v) is 3.38. The van der Waals surface area contributed by atoms with Gasteiger partial charge in [0, 0.05) is 18.0 Å². The molecule has 4 heteroatoms. The van der Waals surface area contributed by atoms with Crippen LogP contribution in [0.5, 0.6) is 0 Å². The van der Waals surface area contributed by atoms with E-state index < -0.39 is 0 Å². The maximum Gasteiger partial charge on any atom is 0.197 e. The molecule has 1 aromatic heterocycles. The Kier molecular flexibility index (Phi) is 3.72. The molecule has 1 aromatic carbocycles. The normalized spacial score (nSPS) is 10.3. The van der Waals surface area contributed by atoms with Gasteiger partial charge in [-0.15, -0.1) is 12.4 Å². The summed E-state index contributed by atoms with van der Waals surface area (Å²) < 4.78 is 15.3. The van der Waals surface area contributed by atoms with Crippen molar-refractivity contribution >= 4 is 23.3 Å². The van der Waals surface area contributed by atoms with Crippen LogP contribution in [0.3, 0.4) is 0 Å². The number of benzene rings is 1. The van der Waals surface area contributed by atoms with Crippen LogP contribution in [0.25, 0.3) is 10.9 Å². The zero-order valence-electron chi connectivity index (χ0n) is 8.53. The van der Waals surface area contributed by atoms with Crippen LogP contribution in [0.1, 0.15) is 5.56 Å². The molecule has 0 atom stereocenters. The third-order valence-electron chi connectivity index (χ3n) is 2.53. The average molecular weight is 229 g/mol. The number of halogens is 2. The van der Waals surface area contributed by atoms with E-state index in [4.69, 9.17) is 5.73 Å². The lowest BCUT2D eigenvalue weighted by Crippen LogP contribution is -2.04. The summed E-state index contributed by atoms with van der Waals surface area (Å²) in [4.78, 5) is 0. The largest absolute Gasteiger partial charge is 0.330 e. The summed E-state index contributed by atoms with van der Waals surface area (Å²) in [6.45, 7) is 0.477. The van der Waals surface area contributed by atoms with E-state index in [1.54, 1.807) is 11.6 Å². The summed E-state index contributed by atoms with van der Waals surface area (Å²) in [6, 6.07) is 7.68. The van der Waals surface area contributed by atoms with E-state index in [0.717, 1.165) is 16.5 Å². The van der Waals surface area contributed by atoms with Gasteiger partial charge >= 0.3 is 0 Å². The molecule has 15 heavy (non-hydrogen) atoms. The maximum absolute atomic E-state index is 13.7. The molecule has 2 N–H and O–H groups in total. The molecule has 2 rings (SSSR count). The van der Waals surface area contributed by atoms with Gasteiger partial charge in [0.15, 0.2) is 5.95 Å². The Morgan fingerprint density at radius 2 is 2.00 bits per heavy atom. The Labute approximate surface area is 94.3 Å². The molecule has 1 heterocycles. The number of nitrogens with two attached hydrogens (primary N) is 1. The summed E-state index contributed by atoms with van der Waals surface area (Å²) in [5.74, 6) is -0.170. The summed E-state index contributed by atoms with van der Waals surface area (Å²) in [6.07, 6.45) is 0.590. The molecule has 0 bridgehead atoms. The van der Waals surface area contributed by atoms with Crippen molar-refractivity contribution in [2.75, 3.05) is 6.54 Å². The monoisotopic (exact) mass is 228 g/mol. The molecule has 0 aliphatic rings. The number of nitrogens with zero attached hydrogens (tertiary/aromatic N) is 1. The fraction of sp³-hybridized carbons (Fsp3) is 0.273. The number of para-hydroxylation sites is 1. The van der Waals surface area contributed by atoms with E-state index in [0.29, 0.717) is 13.0 Å².